The van der Waals surface area contributed by atoms with Gasteiger partial charge in [-0.1, -0.05) is 26.2 Å². The minimum Gasteiger partial charge on any atom is -0.389 e. The van der Waals surface area contributed by atoms with Crippen LogP contribution < -0.4 is 0 Å². The van der Waals surface area contributed by atoms with Crippen LogP contribution in [0.1, 0.15) is 57.9 Å². The molecular formula is C17H27N3O2. The van der Waals surface area contributed by atoms with Crippen molar-refractivity contribution in [3.8, 4) is 0 Å². The third kappa shape index (κ3) is 3.35. The van der Waals surface area contributed by atoms with Crippen LogP contribution in [0.25, 0.3) is 0 Å². The zero-order chi connectivity index (χ0) is 15.6. The highest BCUT2D eigenvalue weighted by Gasteiger charge is 2.36. The van der Waals surface area contributed by atoms with Gasteiger partial charge in [0.25, 0.3) is 0 Å². The Bertz CT molecular complexity index is 494. The topological polar surface area (TPSA) is 58.4 Å². The second-order valence-electron chi connectivity index (χ2n) is 7.14. The Morgan fingerprint density at radius 3 is 2.82 bits per heavy atom. The molecule has 1 amide bonds. The third-order valence-electron chi connectivity index (χ3n) is 5.44. The highest BCUT2D eigenvalue weighted by Crippen LogP contribution is 2.33. The molecule has 122 valence electrons. The lowest BCUT2D eigenvalue weighted by atomic mass is 9.82. The van der Waals surface area contributed by atoms with Crippen LogP contribution in [0.5, 0.6) is 0 Å². The molecular weight excluding hydrogens is 278 g/mol. The van der Waals surface area contributed by atoms with Gasteiger partial charge in [-0.15, -0.1) is 0 Å². The highest BCUT2D eigenvalue weighted by atomic mass is 16.3. The van der Waals surface area contributed by atoms with Gasteiger partial charge in [-0.05, 0) is 25.2 Å². The first-order valence-electron chi connectivity index (χ1n) is 8.55. The fourth-order valence-electron chi connectivity index (χ4n) is 3.91. The summed E-state index contributed by atoms with van der Waals surface area (Å²) in [6, 6.07) is 0.293. The van der Waals surface area contributed by atoms with Gasteiger partial charge < -0.3 is 14.6 Å². The smallest absolute Gasteiger partial charge is 0.225 e. The Morgan fingerprint density at radius 1 is 1.36 bits per heavy atom. The molecule has 0 spiro atoms. The Kier molecular flexibility index (Phi) is 4.52. The molecule has 1 aliphatic heterocycles. The van der Waals surface area contributed by atoms with Gasteiger partial charge in [-0.25, -0.2) is 4.98 Å². The summed E-state index contributed by atoms with van der Waals surface area (Å²) >= 11 is 0. The molecule has 2 aliphatic rings. The van der Waals surface area contributed by atoms with Crippen molar-refractivity contribution < 1.29 is 9.90 Å². The largest absolute Gasteiger partial charge is 0.389 e. The first kappa shape index (κ1) is 15.5. The van der Waals surface area contributed by atoms with Crippen molar-refractivity contribution in [2.24, 2.45) is 5.92 Å². The van der Waals surface area contributed by atoms with Crippen molar-refractivity contribution in [2.75, 3.05) is 13.1 Å². The zero-order valence-electron chi connectivity index (χ0n) is 13.4. The predicted octanol–water partition coefficient (Wildman–Crippen LogP) is 2.38. The van der Waals surface area contributed by atoms with Crippen LogP contribution in [0, 0.1) is 5.92 Å². The van der Waals surface area contributed by atoms with E-state index in [-0.39, 0.29) is 12.3 Å². The second-order valence-corrected chi connectivity index (χ2v) is 7.14. The summed E-state index contributed by atoms with van der Waals surface area (Å²) in [4.78, 5) is 18.7. The van der Waals surface area contributed by atoms with Crippen molar-refractivity contribution in [1.82, 2.24) is 14.5 Å². The fraction of sp³-hybridized carbons (Fsp3) is 0.765. The number of piperidine rings is 1. The van der Waals surface area contributed by atoms with Crippen LogP contribution in [0.15, 0.2) is 18.7 Å². The lowest BCUT2D eigenvalue weighted by Gasteiger charge is -2.40. The predicted molar refractivity (Wildman–Crippen MR) is 84.3 cm³/mol. The van der Waals surface area contributed by atoms with Crippen molar-refractivity contribution >= 4 is 5.91 Å². The first-order chi connectivity index (χ1) is 10.6. The van der Waals surface area contributed by atoms with E-state index in [9.17, 15) is 9.90 Å². The maximum absolute atomic E-state index is 12.6. The molecule has 0 radical (unpaired) electrons. The van der Waals surface area contributed by atoms with E-state index in [4.69, 9.17) is 0 Å². The highest BCUT2D eigenvalue weighted by molar-refractivity contribution is 5.77. The van der Waals surface area contributed by atoms with Gasteiger partial charge in [0, 0.05) is 25.5 Å². The first-order valence-corrected chi connectivity index (χ1v) is 8.55. The van der Waals surface area contributed by atoms with E-state index in [2.05, 4.69) is 16.5 Å². The van der Waals surface area contributed by atoms with Crippen molar-refractivity contribution in [3.05, 3.63) is 18.7 Å². The molecule has 2 fully saturated rings. The maximum atomic E-state index is 12.6. The molecule has 1 aromatic rings. The van der Waals surface area contributed by atoms with E-state index in [1.807, 2.05) is 17.4 Å². The van der Waals surface area contributed by atoms with E-state index in [1.165, 1.54) is 6.42 Å². The van der Waals surface area contributed by atoms with Crippen LogP contribution in [0.4, 0.5) is 0 Å². The minimum atomic E-state index is -0.761. The molecule has 2 atom stereocenters. The molecule has 5 nitrogen and oxygen atoms in total. The molecule has 2 unspecified atom stereocenters. The summed E-state index contributed by atoms with van der Waals surface area (Å²) in [5, 5.41) is 10.6. The lowest BCUT2D eigenvalue weighted by molar-refractivity contribution is -0.140. The van der Waals surface area contributed by atoms with Gasteiger partial charge in [0.05, 0.1) is 24.4 Å². The number of carbonyl (C=O) groups excluding carboxylic acids is 1. The molecule has 1 N–H and O–H groups in total. The Morgan fingerprint density at radius 2 is 2.14 bits per heavy atom. The summed E-state index contributed by atoms with van der Waals surface area (Å²) in [5.41, 5.74) is -0.761. The van der Waals surface area contributed by atoms with Crippen LogP contribution >= 0.6 is 0 Å². The van der Waals surface area contributed by atoms with Gasteiger partial charge in [0.15, 0.2) is 0 Å². The van der Waals surface area contributed by atoms with E-state index in [1.54, 1.807) is 6.20 Å². The normalized spacial score (nSPS) is 28.5. The fourth-order valence-corrected chi connectivity index (χ4v) is 3.91. The summed E-state index contributed by atoms with van der Waals surface area (Å²) in [6.07, 6.45) is 11.7. The molecule has 1 aliphatic carbocycles. The van der Waals surface area contributed by atoms with E-state index < -0.39 is 5.60 Å². The number of imidazole rings is 1. The van der Waals surface area contributed by atoms with Crippen molar-refractivity contribution in [1.29, 1.82) is 0 Å². The average Bonchev–Trinajstić information content (AvgIpc) is 3.02. The van der Waals surface area contributed by atoms with Crippen LogP contribution in [-0.2, 0) is 4.79 Å². The molecule has 1 aromatic heterocycles. The molecule has 3 rings (SSSR count). The Hall–Kier alpha value is -1.36. The summed E-state index contributed by atoms with van der Waals surface area (Å²) in [7, 11) is 0. The minimum absolute atomic E-state index is 0.112. The van der Waals surface area contributed by atoms with E-state index >= 15 is 0 Å². The SMILES string of the molecule is CC1CCN(C(=O)CC2(O)CCCCC2)CC1n1ccnc1. The second kappa shape index (κ2) is 6.41. The van der Waals surface area contributed by atoms with Gasteiger partial charge >= 0.3 is 0 Å². The van der Waals surface area contributed by atoms with Gasteiger partial charge in [-0.2, -0.15) is 0 Å². The van der Waals surface area contributed by atoms with Gasteiger partial charge in [-0.3, -0.25) is 4.79 Å². The van der Waals surface area contributed by atoms with Crippen LogP contribution in [-0.4, -0.2) is 44.2 Å². The monoisotopic (exact) mass is 305 g/mol. The number of aromatic nitrogens is 2. The summed E-state index contributed by atoms with van der Waals surface area (Å²) in [6.45, 7) is 3.77. The van der Waals surface area contributed by atoms with E-state index in [0.717, 1.165) is 45.2 Å². The number of nitrogens with zero attached hydrogens (tertiary/aromatic N) is 3. The number of hydrogen-bond donors (Lipinski definition) is 1. The quantitative estimate of drug-likeness (QED) is 0.933. The molecule has 0 aromatic carbocycles. The van der Waals surface area contributed by atoms with Crippen LogP contribution in [0.2, 0.25) is 0 Å². The Balaban J connectivity index is 1.63. The van der Waals surface area contributed by atoms with Gasteiger partial charge in [0.2, 0.25) is 5.91 Å². The summed E-state index contributed by atoms with van der Waals surface area (Å²) < 4.78 is 2.11. The number of hydrogen-bond acceptors (Lipinski definition) is 3. The molecule has 5 heteroatoms. The molecule has 1 saturated heterocycles. The van der Waals surface area contributed by atoms with E-state index in [0.29, 0.717) is 12.0 Å². The standard InChI is InChI=1S/C17H27N3O2/c1-14-5-9-19(12-15(14)20-10-8-18-13-20)16(21)11-17(22)6-3-2-4-7-17/h8,10,13-15,22H,2-7,9,11-12H2,1H3. The molecule has 2 heterocycles. The molecule has 22 heavy (non-hydrogen) atoms. The summed E-state index contributed by atoms with van der Waals surface area (Å²) in [5.74, 6) is 0.650. The molecule has 1 saturated carbocycles. The number of likely N-dealkylation sites (tertiary alicyclic amines) is 1. The van der Waals surface area contributed by atoms with Crippen molar-refractivity contribution in [3.63, 3.8) is 0 Å². The number of aliphatic hydroxyl groups is 1. The third-order valence-corrected chi connectivity index (χ3v) is 5.44. The number of amides is 1. The Labute approximate surface area is 132 Å². The molecule has 0 bridgehead atoms. The zero-order valence-corrected chi connectivity index (χ0v) is 13.4. The van der Waals surface area contributed by atoms with Crippen molar-refractivity contribution in [2.45, 2.75) is 63.5 Å². The maximum Gasteiger partial charge on any atom is 0.225 e. The number of rotatable bonds is 3. The van der Waals surface area contributed by atoms with Gasteiger partial charge in [0.1, 0.15) is 0 Å². The number of carbonyl (C=O) groups is 1. The van der Waals surface area contributed by atoms with Crippen LogP contribution in [0.3, 0.4) is 0 Å². The lowest BCUT2D eigenvalue weighted by Crippen LogP contribution is -2.47. The average molecular weight is 305 g/mol.